The molecule has 1 aliphatic rings. The molecule has 64 valence electrons. The minimum Gasteiger partial charge on any atom is -0.481 e. The molecule has 1 heterocycles. The van der Waals surface area contributed by atoms with E-state index in [1.807, 2.05) is 6.92 Å². The largest absolute Gasteiger partial charge is 0.481 e. The number of ether oxygens (including phenoxy) is 1. The molecule has 1 N–H and O–H groups in total. The molecule has 0 aromatic heterocycles. The van der Waals surface area contributed by atoms with Crippen LogP contribution < -0.4 is 0 Å². The molecule has 0 aliphatic carbocycles. The van der Waals surface area contributed by atoms with E-state index in [1.165, 1.54) is 0 Å². The SMILES string of the molecule is CCC1(C(=O)O)CCOCC1. The standard InChI is InChI=1S/C8H14O3/c1-2-8(7(9)10)3-5-11-6-4-8/h2-6H2,1H3,(H,9,10). The Labute approximate surface area is 66.4 Å². The van der Waals surface area contributed by atoms with E-state index in [0.29, 0.717) is 32.5 Å². The Bertz CT molecular complexity index is 147. The van der Waals surface area contributed by atoms with Crippen molar-refractivity contribution in [2.24, 2.45) is 5.41 Å². The monoisotopic (exact) mass is 158 g/mol. The Morgan fingerprint density at radius 3 is 2.36 bits per heavy atom. The summed E-state index contributed by atoms with van der Waals surface area (Å²) in [7, 11) is 0. The fraction of sp³-hybridized carbons (Fsp3) is 0.875. The van der Waals surface area contributed by atoms with Crippen LogP contribution in [0.2, 0.25) is 0 Å². The summed E-state index contributed by atoms with van der Waals surface area (Å²) < 4.78 is 5.11. The number of carbonyl (C=O) groups is 1. The van der Waals surface area contributed by atoms with Crippen LogP contribution in [0.1, 0.15) is 26.2 Å². The van der Waals surface area contributed by atoms with Crippen LogP contribution in [0.25, 0.3) is 0 Å². The van der Waals surface area contributed by atoms with Crippen molar-refractivity contribution in [1.82, 2.24) is 0 Å². The second kappa shape index (κ2) is 3.22. The highest BCUT2D eigenvalue weighted by molar-refractivity contribution is 5.74. The molecule has 0 bridgehead atoms. The molecule has 0 radical (unpaired) electrons. The average Bonchev–Trinajstić information content (AvgIpc) is 2.05. The number of hydrogen-bond acceptors (Lipinski definition) is 2. The maximum absolute atomic E-state index is 10.9. The zero-order valence-electron chi connectivity index (χ0n) is 6.80. The lowest BCUT2D eigenvalue weighted by Gasteiger charge is -2.31. The Balaban J connectivity index is 2.64. The van der Waals surface area contributed by atoms with Gasteiger partial charge in [0.25, 0.3) is 0 Å². The number of hydrogen-bond donors (Lipinski definition) is 1. The first kappa shape index (κ1) is 8.53. The fourth-order valence-electron chi connectivity index (χ4n) is 1.48. The van der Waals surface area contributed by atoms with Gasteiger partial charge in [0.15, 0.2) is 0 Å². The first-order valence-electron chi connectivity index (χ1n) is 4.02. The van der Waals surface area contributed by atoms with Crippen LogP contribution in [0, 0.1) is 5.41 Å². The summed E-state index contributed by atoms with van der Waals surface area (Å²) in [5.74, 6) is -0.664. The molecular formula is C8H14O3. The van der Waals surface area contributed by atoms with E-state index in [9.17, 15) is 4.79 Å². The van der Waals surface area contributed by atoms with E-state index >= 15 is 0 Å². The molecule has 0 spiro atoms. The molecule has 1 fully saturated rings. The van der Waals surface area contributed by atoms with E-state index in [2.05, 4.69) is 0 Å². The van der Waals surface area contributed by atoms with Gasteiger partial charge >= 0.3 is 5.97 Å². The van der Waals surface area contributed by atoms with Crippen molar-refractivity contribution in [2.45, 2.75) is 26.2 Å². The van der Waals surface area contributed by atoms with Gasteiger partial charge in [0, 0.05) is 13.2 Å². The molecule has 1 rings (SSSR count). The van der Waals surface area contributed by atoms with Gasteiger partial charge in [-0.1, -0.05) is 6.92 Å². The minimum absolute atomic E-state index is 0.488. The lowest BCUT2D eigenvalue weighted by atomic mass is 9.78. The van der Waals surface area contributed by atoms with Crippen molar-refractivity contribution in [3.63, 3.8) is 0 Å². The third kappa shape index (κ3) is 1.53. The van der Waals surface area contributed by atoms with Gasteiger partial charge in [-0.05, 0) is 19.3 Å². The van der Waals surface area contributed by atoms with E-state index in [4.69, 9.17) is 9.84 Å². The Morgan fingerprint density at radius 1 is 1.55 bits per heavy atom. The van der Waals surface area contributed by atoms with Crippen molar-refractivity contribution >= 4 is 5.97 Å². The molecule has 3 heteroatoms. The number of carboxylic acids is 1. The average molecular weight is 158 g/mol. The minimum atomic E-state index is -0.664. The van der Waals surface area contributed by atoms with Crippen LogP contribution in [0.15, 0.2) is 0 Å². The predicted molar refractivity (Wildman–Crippen MR) is 40.4 cm³/mol. The van der Waals surface area contributed by atoms with Crippen molar-refractivity contribution in [2.75, 3.05) is 13.2 Å². The molecular weight excluding hydrogens is 144 g/mol. The highest BCUT2D eigenvalue weighted by Crippen LogP contribution is 2.33. The summed E-state index contributed by atoms with van der Waals surface area (Å²) in [5, 5.41) is 8.93. The predicted octanol–water partition coefficient (Wildman–Crippen LogP) is 1.28. The first-order chi connectivity index (χ1) is 5.21. The van der Waals surface area contributed by atoms with Crippen LogP contribution in [0.4, 0.5) is 0 Å². The van der Waals surface area contributed by atoms with Gasteiger partial charge in [-0.2, -0.15) is 0 Å². The summed E-state index contributed by atoms with van der Waals surface area (Å²) in [5.41, 5.74) is -0.488. The summed E-state index contributed by atoms with van der Waals surface area (Å²) in [6, 6.07) is 0. The van der Waals surface area contributed by atoms with Crippen molar-refractivity contribution in [3.05, 3.63) is 0 Å². The molecule has 0 saturated carbocycles. The van der Waals surface area contributed by atoms with Crippen LogP contribution in [-0.2, 0) is 9.53 Å². The molecule has 11 heavy (non-hydrogen) atoms. The van der Waals surface area contributed by atoms with Crippen LogP contribution in [0.5, 0.6) is 0 Å². The highest BCUT2D eigenvalue weighted by atomic mass is 16.5. The maximum atomic E-state index is 10.9. The van der Waals surface area contributed by atoms with Gasteiger partial charge < -0.3 is 9.84 Å². The second-order valence-electron chi connectivity index (χ2n) is 3.05. The lowest BCUT2D eigenvalue weighted by molar-refractivity contribution is -0.155. The number of rotatable bonds is 2. The van der Waals surface area contributed by atoms with Gasteiger partial charge in [0.1, 0.15) is 0 Å². The van der Waals surface area contributed by atoms with Crippen molar-refractivity contribution < 1.29 is 14.6 Å². The second-order valence-corrected chi connectivity index (χ2v) is 3.05. The van der Waals surface area contributed by atoms with Crippen LogP contribution in [-0.4, -0.2) is 24.3 Å². The molecule has 0 amide bonds. The van der Waals surface area contributed by atoms with Gasteiger partial charge in [0.05, 0.1) is 5.41 Å². The molecule has 1 saturated heterocycles. The summed E-state index contributed by atoms with van der Waals surface area (Å²) >= 11 is 0. The zero-order valence-corrected chi connectivity index (χ0v) is 6.80. The quantitative estimate of drug-likeness (QED) is 0.658. The summed E-state index contributed by atoms with van der Waals surface area (Å²) in [6.07, 6.45) is 2.04. The van der Waals surface area contributed by atoms with E-state index in [0.717, 1.165) is 0 Å². The third-order valence-electron chi connectivity index (χ3n) is 2.58. The maximum Gasteiger partial charge on any atom is 0.309 e. The van der Waals surface area contributed by atoms with E-state index in [-0.39, 0.29) is 0 Å². The summed E-state index contributed by atoms with van der Waals surface area (Å²) in [6.45, 7) is 3.12. The van der Waals surface area contributed by atoms with Crippen molar-refractivity contribution in [3.8, 4) is 0 Å². The fourth-order valence-corrected chi connectivity index (χ4v) is 1.48. The Morgan fingerprint density at radius 2 is 2.09 bits per heavy atom. The summed E-state index contributed by atoms with van der Waals surface area (Å²) in [4.78, 5) is 10.9. The van der Waals surface area contributed by atoms with Crippen LogP contribution in [0.3, 0.4) is 0 Å². The molecule has 0 aromatic carbocycles. The smallest absolute Gasteiger partial charge is 0.309 e. The van der Waals surface area contributed by atoms with Gasteiger partial charge in [0.2, 0.25) is 0 Å². The van der Waals surface area contributed by atoms with Gasteiger partial charge in [-0.15, -0.1) is 0 Å². The molecule has 1 aliphatic heterocycles. The highest BCUT2D eigenvalue weighted by Gasteiger charge is 2.37. The normalized spacial score (nSPS) is 23.0. The van der Waals surface area contributed by atoms with Crippen molar-refractivity contribution in [1.29, 1.82) is 0 Å². The zero-order chi connectivity index (χ0) is 8.32. The van der Waals surface area contributed by atoms with E-state index < -0.39 is 11.4 Å². The van der Waals surface area contributed by atoms with Crippen LogP contribution >= 0.6 is 0 Å². The van der Waals surface area contributed by atoms with Gasteiger partial charge in [-0.25, -0.2) is 0 Å². The van der Waals surface area contributed by atoms with E-state index in [1.54, 1.807) is 0 Å². The Kier molecular flexibility index (Phi) is 2.49. The van der Waals surface area contributed by atoms with Gasteiger partial charge in [-0.3, -0.25) is 4.79 Å². The number of aliphatic carboxylic acids is 1. The lowest BCUT2D eigenvalue weighted by Crippen LogP contribution is -2.36. The molecule has 3 nitrogen and oxygen atoms in total. The molecule has 0 aromatic rings. The number of carboxylic acid groups (broad SMARTS) is 1. The molecule has 0 unspecified atom stereocenters. The Hall–Kier alpha value is -0.570. The first-order valence-corrected chi connectivity index (χ1v) is 4.02. The third-order valence-corrected chi connectivity index (χ3v) is 2.58. The topological polar surface area (TPSA) is 46.5 Å². The molecule has 0 atom stereocenters.